The molecule has 1 saturated carbocycles. The summed E-state index contributed by atoms with van der Waals surface area (Å²) in [5, 5.41) is 3.16. The highest BCUT2D eigenvalue weighted by Gasteiger charge is 2.29. The molecule has 2 fully saturated rings. The minimum Gasteiger partial charge on any atom is -0.472 e. The summed E-state index contributed by atoms with van der Waals surface area (Å²) in [6, 6.07) is 6.05. The summed E-state index contributed by atoms with van der Waals surface area (Å²) in [5.74, 6) is 0.636. The van der Waals surface area contributed by atoms with Gasteiger partial charge in [-0.1, -0.05) is 25.3 Å². The van der Waals surface area contributed by atoms with Crippen molar-refractivity contribution in [3.05, 3.63) is 24.4 Å². The molecule has 114 valence electrons. The van der Waals surface area contributed by atoms with Crippen LogP contribution in [0.2, 0.25) is 0 Å². The minimum absolute atomic E-state index is 0.0528. The van der Waals surface area contributed by atoms with Gasteiger partial charge in [0.25, 0.3) is 0 Å². The number of hydrogen-bond donors (Lipinski definition) is 1. The molecule has 5 heteroatoms. The molecule has 2 aliphatic rings. The lowest BCUT2D eigenvalue weighted by atomic mass is 9.96. The summed E-state index contributed by atoms with van der Waals surface area (Å²) >= 11 is 0. The van der Waals surface area contributed by atoms with Crippen molar-refractivity contribution in [2.75, 3.05) is 13.1 Å². The molecule has 1 atom stereocenters. The Hall–Kier alpha value is -1.78. The molecule has 1 N–H and O–H groups in total. The van der Waals surface area contributed by atoms with Crippen molar-refractivity contribution < 1.29 is 9.53 Å². The Kier molecular flexibility index (Phi) is 4.58. The van der Waals surface area contributed by atoms with Crippen LogP contribution >= 0.6 is 0 Å². The van der Waals surface area contributed by atoms with Gasteiger partial charge in [-0.25, -0.2) is 9.78 Å². The number of carbonyl (C=O) groups is 1. The van der Waals surface area contributed by atoms with Gasteiger partial charge in [0.05, 0.1) is 6.54 Å². The second-order valence-corrected chi connectivity index (χ2v) is 5.93. The van der Waals surface area contributed by atoms with Gasteiger partial charge in [-0.15, -0.1) is 0 Å². The fourth-order valence-corrected chi connectivity index (χ4v) is 3.11. The van der Waals surface area contributed by atoms with Crippen molar-refractivity contribution in [2.45, 2.75) is 50.7 Å². The zero-order valence-electron chi connectivity index (χ0n) is 12.3. The van der Waals surface area contributed by atoms with Crippen LogP contribution in [0.5, 0.6) is 5.88 Å². The fraction of sp³-hybridized carbons (Fsp3) is 0.625. The highest BCUT2D eigenvalue weighted by atomic mass is 16.5. The molecule has 21 heavy (non-hydrogen) atoms. The lowest BCUT2D eigenvalue weighted by molar-refractivity contribution is 0.179. The first-order valence-electron chi connectivity index (χ1n) is 7.94. The average molecular weight is 289 g/mol. The molecular weight excluding hydrogens is 266 g/mol. The molecule has 2 amide bonds. The van der Waals surface area contributed by atoms with Crippen LogP contribution in [-0.4, -0.2) is 41.2 Å². The lowest BCUT2D eigenvalue weighted by Gasteiger charge is -2.26. The molecule has 1 unspecified atom stereocenters. The largest absolute Gasteiger partial charge is 0.472 e. The van der Waals surface area contributed by atoms with Gasteiger partial charge in [0.1, 0.15) is 6.10 Å². The Bertz CT molecular complexity index is 460. The van der Waals surface area contributed by atoms with Crippen LogP contribution in [0.25, 0.3) is 0 Å². The molecule has 2 heterocycles. The molecule has 1 aliphatic carbocycles. The number of amides is 2. The third kappa shape index (κ3) is 3.86. The van der Waals surface area contributed by atoms with Crippen molar-refractivity contribution in [3.63, 3.8) is 0 Å². The van der Waals surface area contributed by atoms with Crippen LogP contribution in [0.4, 0.5) is 4.79 Å². The number of hydrogen-bond acceptors (Lipinski definition) is 3. The smallest absolute Gasteiger partial charge is 0.317 e. The lowest BCUT2D eigenvalue weighted by Crippen LogP contribution is -2.45. The monoisotopic (exact) mass is 289 g/mol. The van der Waals surface area contributed by atoms with Crippen LogP contribution < -0.4 is 10.1 Å². The number of rotatable bonds is 3. The van der Waals surface area contributed by atoms with Crippen molar-refractivity contribution in [1.82, 2.24) is 15.2 Å². The molecule has 0 radical (unpaired) electrons. The number of aromatic nitrogens is 1. The standard InChI is InChI=1S/C16H23N3O2/c20-16(18-13-6-2-1-3-7-13)19-11-9-14(12-19)21-15-8-4-5-10-17-15/h4-5,8,10,13-14H,1-3,6-7,9,11-12H2,(H,18,20). The number of urea groups is 1. The van der Waals surface area contributed by atoms with Crippen molar-refractivity contribution in [2.24, 2.45) is 0 Å². The molecule has 1 aliphatic heterocycles. The van der Waals surface area contributed by atoms with Gasteiger partial charge in [0, 0.05) is 31.3 Å². The van der Waals surface area contributed by atoms with E-state index in [0.717, 1.165) is 25.8 Å². The van der Waals surface area contributed by atoms with Crippen LogP contribution in [-0.2, 0) is 0 Å². The van der Waals surface area contributed by atoms with Crippen molar-refractivity contribution in [3.8, 4) is 5.88 Å². The van der Waals surface area contributed by atoms with E-state index in [4.69, 9.17) is 4.74 Å². The second-order valence-electron chi connectivity index (χ2n) is 5.93. The van der Waals surface area contributed by atoms with E-state index in [9.17, 15) is 4.79 Å². The third-order valence-electron chi connectivity index (χ3n) is 4.29. The first-order valence-corrected chi connectivity index (χ1v) is 7.94. The van der Waals surface area contributed by atoms with Gasteiger partial charge < -0.3 is 15.0 Å². The number of ether oxygens (including phenoxy) is 1. The normalized spacial score (nSPS) is 23.0. The molecule has 0 aromatic carbocycles. The minimum atomic E-state index is 0.0528. The Morgan fingerprint density at radius 1 is 1.24 bits per heavy atom. The van der Waals surface area contributed by atoms with E-state index in [1.165, 1.54) is 19.3 Å². The summed E-state index contributed by atoms with van der Waals surface area (Å²) in [5.41, 5.74) is 0. The van der Waals surface area contributed by atoms with Gasteiger partial charge in [0.15, 0.2) is 0 Å². The molecule has 1 saturated heterocycles. The number of nitrogens with one attached hydrogen (secondary N) is 1. The molecule has 1 aromatic rings. The maximum Gasteiger partial charge on any atom is 0.317 e. The Morgan fingerprint density at radius 3 is 2.86 bits per heavy atom. The predicted molar refractivity (Wildman–Crippen MR) is 80.2 cm³/mol. The van der Waals surface area contributed by atoms with Gasteiger partial charge in [-0.2, -0.15) is 0 Å². The highest BCUT2D eigenvalue weighted by Crippen LogP contribution is 2.19. The molecule has 0 bridgehead atoms. The SMILES string of the molecule is O=C(NC1CCCCC1)N1CCC(Oc2ccccn2)C1. The van der Waals surface area contributed by atoms with Crippen LogP contribution in [0.3, 0.4) is 0 Å². The quantitative estimate of drug-likeness (QED) is 0.930. The van der Waals surface area contributed by atoms with Crippen molar-refractivity contribution in [1.29, 1.82) is 0 Å². The second kappa shape index (κ2) is 6.78. The number of likely N-dealkylation sites (tertiary alicyclic amines) is 1. The van der Waals surface area contributed by atoms with E-state index in [1.807, 2.05) is 23.1 Å². The maximum absolute atomic E-state index is 12.3. The van der Waals surface area contributed by atoms with Crippen molar-refractivity contribution >= 4 is 6.03 Å². The first kappa shape index (κ1) is 14.2. The summed E-state index contributed by atoms with van der Waals surface area (Å²) in [6.07, 6.45) is 8.65. The van der Waals surface area contributed by atoms with Gasteiger partial charge >= 0.3 is 6.03 Å². The molecule has 5 nitrogen and oxygen atoms in total. The number of carbonyl (C=O) groups excluding carboxylic acids is 1. The summed E-state index contributed by atoms with van der Waals surface area (Å²) in [7, 11) is 0. The first-order chi connectivity index (χ1) is 10.3. The predicted octanol–water partition coefficient (Wildman–Crippen LogP) is 2.58. The molecule has 1 aromatic heterocycles. The summed E-state index contributed by atoms with van der Waals surface area (Å²) in [6.45, 7) is 1.41. The zero-order chi connectivity index (χ0) is 14.5. The van der Waals surface area contributed by atoms with Gasteiger partial charge in [0.2, 0.25) is 5.88 Å². The molecule has 3 rings (SSSR count). The molecule has 0 spiro atoms. The zero-order valence-corrected chi connectivity index (χ0v) is 12.3. The Morgan fingerprint density at radius 2 is 2.10 bits per heavy atom. The van der Waals surface area contributed by atoms with Crippen LogP contribution in [0.1, 0.15) is 38.5 Å². The fourth-order valence-electron chi connectivity index (χ4n) is 3.11. The van der Waals surface area contributed by atoms with E-state index < -0.39 is 0 Å². The Labute approximate surface area is 125 Å². The third-order valence-corrected chi connectivity index (χ3v) is 4.29. The van der Waals surface area contributed by atoms with E-state index in [2.05, 4.69) is 10.3 Å². The highest BCUT2D eigenvalue weighted by molar-refractivity contribution is 5.74. The summed E-state index contributed by atoms with van der Waals surface area (Å²) < 4.78 is 5.81. The van der Waals surface area contributed by atoms with Gasteiger partial charge in [-0.05, 0) is 18.9 Å². The van der Waals surface area contributed by atoms with E-state index in [-0.39, 0.29) is 12.1 Å². The molecular formula is C16H23N3O2. The topological polar surface area (TPSA) is 54.5 Å². The van der Waals surface area contributed by atoms with Gasteiger partial charge in [-0.3, -0.25) is 0 Å². The van der Waals surface area contributed by atoms with E-state index >= 15 is 0 Å². The number of nitrogens with zero attached hydrogens (tertiary/aromatic N) is 2. The maximum atomic E-state index is 12.3. The van der Waals surface area contributed by atoms with Crippen LogP contribution in [0.15, 0.2) is 24.4 Å². The van der Waals surface area contributed by atoms with E-state index in [0.29, 0.717) is 18.5 Å². The number of pyridine rings is 1. The Balaban J connectivity index is 1.46. The van der Waals surface area contributed by atoms with Crippen LogP contribution in [0, 0.1) is 0 Å². The van der Waals surface area contributed by atoms with E-state index in [1.54, 1.807) is 6.20 Å². The summed E-state index contributed by atoms with van der Waals surface area (Å²) in [4.78, 5) is 18.3. The average Bonchev–Trinajstić information content (AvgIpc) is 2.98.